The van der Waals surface area contributed by atoms with Gasteiger partial charge in [-0.3, -0.25) is 0 Å². The Labute approximate surface area is 79.5 Å². The second-order valence-corrected chi connectivity index (χ2v) is 3.07. The van der Waals surface area contributed by atoms with Crippen molar-refractivity contribution >= 4 is 0 Å². The summed E-state index contributed by atoms with van der Waals surface area (Å²) in [5.41, 5.74) is 1.30. The van der Waals surface area contributed by atoms with Crippen molar-refractivity contribution in [3.8, 4) is 0 Å². The van der Waals surface area contributed by atoms with E-state index in [-0.39, 0.29) is 6.10 Å². The zero-order valence-electron chi connectivity index (χ0n) is 8.19. The van der Waals surface area contributed by atoms with Crippen LogP contribution in [0.15, 0.2) is 30.3 Å². The molecule has 2 nitrogen and oxygen atoms in total. The van der Waals surface area contributed by atoms with Crippen LogP contribution in [0.25, 0.3) is 0 Å². The molecular formula is C11H16O2. The number of methoxy groups -OCH3 is 1. The molecule has 1 unspecified atom stereocenters. The van der Waals surface area contributed by atoms with Crippen molar-refractivity contribution in [1.29, 1.82) is 0 Å². The zero-order valence-corrected chi connectivity index (χ0v) is 8.19. The fraction of sp³-hybridized carbons (Fsp3) is 0.455. The van der Waals surface area contributed by atoms with Crippen molar-refractivity contribution in [3.63, 3.8) is 0 Å². The topological polar surface area (TPSA) is 18.5 Å². The van der Waals surface area contributed by atoms with E-state index in [0.29, 0.717) is 6.79 Å². The minimum absolute atomic E-state index is 0.211. The van der Waals surface area contributed by atoms with Gasteiger partial charge in [-0.05, 0) is 18.9 Å². The van der Waals surface area contributed by atoms with Crippen molar-refractivity contribution in [1.82, 2.24) is 0 Å². The first kappa shape index (κ1) is 10.2. The van der Waals surface area contributed by atoms with E-state index in [4.69, 9.17) is 9.47 Å². The van der Waals surface area contributed by atoms with E-state index in [2.05, 4.69) is 12.1 Å². The third-order valence-corrected chi connectivity index (χ3v) is 1.84. The summed E-state index contributed by atoms with van der Waals surface area (Å²) in [6, 6.07) is 10.3. The lowest BCUT2D eigenvalue weighted by molar-refractivity contribution is -0.0646. The molecule has 0 saturated carbocycles. The number of hydrogen-bond donors (Lipinski definition) is 0. The summed E-state index contributed by atoms with van der Waals surface area (Å²) in [7, 11) is 1.63. The molecule has 0 radical (unpaired) electrons. The maximum Gasteiger partial charge on any atom is 0.146 e. The molecule has 0 saturated heterocycles. The first-order valence-corrected chi connectivity index (χ1v) is 4.47. The van der Waals surface area contributed by atoms with E-state index in [9.17, 15) is 0 Å². The van der Waals surface area contributed by atoms with Crippen LogP contribution in [0.5, 0.6) is 0 Å². The standard InChI is InChI=1S/C11H16O2/c1-10(13-9-12-2)8-11-6-4-3-5-7-11/h3-7,10H,8-9H2,1-2H3. The van der Waals surface area contributed by atoms with Crippen molar-refractivity contribution in [2.75, 3.05) is 13.9 Å². The maximum absolute atomic E-state index is 5.37. The summed E-state index contributed by atoms with van der Waals surface area (Å²) >= 11 is 0. The van der Waals surface area contributed by atoms with Gasteiger partial charge in [0.1, 0.15) is 6.79 Å². The lowest BCUT2D eigenvalue weighted by Gasteiger charge is -2.11. The molecule has 0 aliphatic carbocycles. The number of rotatable bonds is 5. The Morgan fingerprint density at radius 3 is 2.54 bits per heavy atom. The first-order valence-electron chi connectivity index (χ1n) is 4.47. The van der Waals surface area contributed by atoms with Gasteiger partial charge in [0.15, 0.2) is 0 Å². The summed E-state index contributed by atoms with van der Waals surface area (Å²) in [4.78, 5) is 0. The van der Waals surface area contributed by atoms with Crippen LogP contribution >= 0.6 is 0 Å². The lowest BCUT2D eigenvalue weighted by Crippen LogP contribution is -2.13. The zero-order chi connectivity index (χ0) is 9.52. The Morgan fingerprint density at radius 1 is 1.23 bits per heavy atom. The van der Waals surface area contributed by atoms with Crippen LogP contribution in [-0.4, -0.2) is 20.0 Å². The molecule has 1 rings (SSSR count). The second-order valence-electron chi connectivity index (χ2n) is 3.07. The molecule has 1 atom stereocenters. The molecule has 0 aliphatic heterocycles. The Balaban J connectivity index is 2.32. The van der Waals surface area contributed by atoms with E-state index in [0.717, 1.165) is 6.42 Å². The molecule has 0 bridgehead atoms. The van der Waals surface area contributed by atoms with E-state index in [1.165, 1.54) is 5.56 Å². The molecule has 0 heterocycles. The van der Waals surface area contributed by atoms with Gasteiger partial charge in [0.25, 0.3) is 0 Å². The van der Waals surface area contributed by atoms with E-state index in [1.54, 1.807) is 7.11 Å². The molecule has 0 aromatic heterocycles. The molecule has 13 heavy (non-hydrogen) atoms. The minimum atomic E-state index is 0.211. The van der Waals surface area contributed by atoms with Crippen molar-refractivity contribution in [2.45, 2.75) is 19.4 Å². The average Bonchev–Trinajstić information content (AvgIpc) is 2.16. The van der Waals surface area contributed by atoms with Crippen LogP contribution in [0.4, 0.5) is 0 Å². The first-order chi connectivity index (χ1) is 6.33. The minimum Gasteiger partial charge on any atom is -0.359 e. The van der Waals surface area contributed by atoms with Crippen LogP contribution in [0.2, 0.25) is 0 Å². The van der Waals surface area contributed by atoms with Gasteiger partial charge < -0.3 is 9.47 Å². The molecule has 1 aromatic rings. The Morgan fingerprint density at radius 2 is 1.92 bits per heavy atom. The summed E-state index contributed by atoms with van der Waals surface area (Å²) in [6.07, 6.45) is 1.15. The largest absolute Gasteiger partial charge is 0.359 e. The molecule has 72 valence electrons. The molecular weight excluding hydrogens is 164 g/mol. The van der Waals surface area contributed by atoms with Crippen LogP contribution in [-0.2, 0) is 15.9 Å². The van der Waals surface area contributed by atoms with Gasteiger partial charge in [-0.25, -0.2) is 0 Å². The van der Waals surface area contributed by atoms with Gasteiger partial charge in [0.2, 0.25) is 0 Å². The maximum atomic E-state index is 5.37. The summed E-state index contributed by atoms with van der Waals surface area (Å²) in [5, 5.41) is 0. The van der Waals surface area contributed by atoms with Gasteiger partial charge in [0.05, 0.1) is 6.10 Å². The molecule has 0 N–H and O–H groups in total. The Kier molecular flexibility index (Phi) is 4.50. The van der Waals surface area contributed by atoms with Crippen molar-refractivity contribution in [3.05, 3.63) is 35.9 Å². The van der Waals surface area contributed by atoms with E-state index < -0.39 is 0 Å². The van der Waals surface area contributed by atoms with Crippen LogP contribution < -0.4 is 0 Å². The molecule has 2 heteroatoms. The van der Waals surface area contributed by atoms with Crippen molar-refractivity contribution in [2.24, 2.45) is 0 Å². The highest BCUT2D eigenvalue weighted by Gasteiger charge is 2.02. The summed E-state index contributed by atoms with van der Waals surface area (Å²) < 4.78 is 10.2. The monoisotopic (exact) mass is 180 g/mol. The third kappa shape index (κ3) is 4.06. The van der Waals surface area contributed by atoms with Crippen LogP contribution in [0.1, 0.15) is 12.5 Å². The highest BCUT2D eigenvalue weighted by molar-refractivity contribution is 5.15. The molecule has 0 spiro atoms. The van der Waals surface area contributed by atoms with Gasteiger partial charge in [-0.15, -0.1) is 0 Å². The molecule has 1 aromatic carbocycles. The second kappa shape index (κ2) is 5.73. The Hall–Kier alpha value is -0.860. The number of ether oxygens (including phenoxy) is 2. The SMILES string of the molecule is COCOC(C)Cc1ccccc1. The number of hydrogen-bond acceptors (Lipinski definition) is 2. The smallest absolute Gasteiger partial charge is 0.146 e. The fourth-order valence-corrected chi connectivity index (χ4v) is 1.19. The molecule has 0 aliphatic rings. The average molecular weight is 180 g/mol. The quantitative estimate of drug-likeness (QED) is 0.647. The highest BCUT2D eigenvalue weighted by atomic mass is 16.7. The van der Waals surface area contributed by atoms with Gasteiger partial charge in [-0.1, -0.05) is 30.3 Å². The van der Waals surface area contributed by atoms with Crippen molar-refractivity contribution < 1.29 is 9.47 Å². The molecule has 0 amide bonds. The predicted molar refractivity (Wildman–Crippen MR) is 52.6 cm³/mol. The summed E-state index contributed by atoms with van der Waals surface area (Å²) in [5.74, 6) is 0. The van der Waals surface area contributed by atoms with Gasteiger partial charge in [0, 0.05) is 7.11 Å². The highest BCUT2D eigenvalue weighted by Crippen LogP contribution is 2.04. The summed E-state index contributed by atoms with van der Waals surface area (Å²) in [6.45, 7) is 2.42. The van der Waals surface area contributed by atoms with Crippen LogP contribution in [0, 0.1) is 0 Å². The van der Waals surface area contributed by atoms with Gasteiger partial charge >= 0.3 is 0 Å². The van der Waals surface area contributed by atoms with E-state index >= 15 is 0 Å². The Bertz CT molecular complexity index is 221. The van der Waals surface area contributed by atoms with Gasteiger partial charge in [-0.2, -0.15) is 0 Å². The number of benzene rings is 1. The molecule has 0 fully saturated rings. The third-order valence-electron chi connectivity index (χ3n) is 1.84. The normalized spacial score (nSPS) is 12.8. The lowest BCUT2D eigenvalue weighted by atomic mass is 10.1. The predicted octanol–water partition coefficient (Wildman–Crippen LogP) is 2.24. The van der Waals surface area contributed by atoms with E-state index in [1.807, 2.05) is 25.1 Å². The van der Waals surface area contributed by atoms with Crippen LogP contribution in [0.3, 0.4) is 0 Å². The fourth-order valence-electron chi connectivity index (χ4n) is 1.19.